The fourth-order valence-corrected chi connectivity index (χ4v) is 4.69. The summed E-state index contributed by atoms with van der Waals surface area (Å²) in [5.74, 6) is -2.00. The number of nitriles is 1. The van der Waals surface area contributed by atoms with E-state index in [1.165, 1.54) is 62.2 Å². The lowest BCUT2D eigenvalue weighted by atomic mass is 10.0. The van der Waals surface area contributed by atoms with Crippen molar-refractivity contribution in [2.75, 3.05) is 16.8 Å². The number of ether oxygens (including phenoxy) is 1. The molecule has 200 valence electrons. The second kappa shape index (κ2) is 9.99. The van der Waals surface area contributed by atoms with Gasteiger partial charge in [0.25, 0.3) is 11.8 Å². The van der Waals surface area contributed by atoms with Gasteiger partial charge in [0.2, 0.25) is 0 Å². The van der Waals surface area contributed by atoms with Gasteiger partial charge in [0.05, 0.1) is 28.4 Å². The van der Waals surface area contributed by atoms with Crippen molar-refractivity contribution in [2.24, 2.45) is 0 Å². The molecule has 3 aromatic carbocycles. The molecule has 1 aliphatic rings. The summed E-state index contributed by atoms with van der Waals surface area (Å²) < 4.78 is 61.5. The number of hydrogen-bond acceptors (Lipinski definition) is 5. The van der Waals surface area contributed by atoms with Gasteiger partial charge in [0.15, 0.2) is 16.7 Å². The van der Waals surface area contributed by atoms with E-state index in [9.17, 15) is 22.8 Å². The monoisotopic (exact) mass is 556 g/mol. The number of amides is 2. The van der Waals surface area contributed by atoms with E-state index in [0.29, 0.717) is 6.07 Å². The summed E-state index contributed by atoms with van der Waals surface area (Å²) in [7, 11) is 1.45. The van der Waals surface area contributed by atoms with Gasteiger partial charge in [-0.25, -0.2) is 4.39 Å². The predicted molar refractivity (Wildman–Crippen MR) is 139 cm³/mol. The number of halogens is 4. The Hall–Kier alpha value is -4.50. The smallest absolute Gasteiger partial charge is 0.417 e. The Labute approximate surface area is 226 Å². The zero-order valence-electron chi connectivity index (χ0n) is 20.8. The van der Waals surface area contributed by atoms with Crippen LogP contribution in [0.5, 0.6) is 11.5 Å². The first kappa shape index (κ1) is 27.5. The molecule has 1 N–H and O–H groups in total. The van der Waals surface area contributed by atoms with E-state index >= 15 is 4.39 Å². The average molecular weight is 557 g/mol. The van der Waals surface area contributed by atoms with E-state index in [1.807, 2.05) is 0 Å². The van der Waals surface area contributed by atoms with E-state index < -0.39 is 40.5 Å². The van der Waals surface area contributed by atoms with Crippen molar-refractivity contribution in [1.82, 2.24) is 5.32 Å². The summed E-state index contributed by atoms with van der Waals surface area (Å²) in [4.78, 5) is 27.7. The summed E-state index contributed by atoms with van der Waals surface area (Å²) in [5.41, 5.74) is -3.06. The second-order valence-corrected chi connectivity index (χ2v) is 9.31. The molecule has 0 radical (unpaired) electrons. The van der Waals surface area contributed by atoms with Crippen LogP contribution in [-0.2, 0) is 11.0 Å². The van der Waals surface area contributed by atoms with Crippen molar-refractivity contribution in [3.63, 3.8) is 0 Å². The Morgan fingerprint density at radius 2 is 1.72 bits per heavy atom. The topological polar surface area (TPSA) is 85.7 Å². The number of carbonyl (C=O) groups is 2. The lowest BCUT2D eigenvalue weighted by Gasteiger charge is -2.29. The molecular formula is C27H20F4N4O3S. The third-order valence-corrected chi connectivity index (χ3v) is 6.47. The Bertz CT molecular complexity index is 1550. The van der Waals surface area contributed by atoms with Crippen molar-refractivity contribution in [3.05, 3.63) is 83.2 Å². The first-order chi connectivity index (χ1) is 18.3. The zero-order valence-corrected chi connectivity index (χ0v) is 21.6. The molecule has 3 aromatic rings. The molecule has 0 atom stereocenters. The number of nitrogens with zero attached hydrogens (tertiary/aromatic N) is 3. The molecule has 4 rings (SSSR count). The highest BCUT2D eigenvalue weighted by molar-refractivity contribution is 7.81. The Kier molecular flexibility index (Phi) is 7.06. The molecule has 1 fully saturated rings. The quantitative estimate of drug-likeness (QED) is 0.317. The molecular weight excluding hydrogens is 536 g/mol. The van der Waals surface area contributed by atoms with E-state index in [4.69, 9.17) is 22.2 Å². The number of alkyl halides is 3. The largest absolute Gasteiger partial charge is 0.453 e. The molecule has 0 aromatic heterocycles. The third-order valence-electron chi connectivity index (χ3n) is 6.11. The number of anilines is 2. The Morgan fingerprint density at radius 3 is 2.33 bits per heavy atom. The molecule has 7 nitrogen and oxygen atoms in total. The maximum absolute atomic E-state index is 15.2. The second-order valence-electron chi connectivity index (χ2n) is 8.95. The summed E-state index contributed by atoms with van der Waals surface area (Å²) in [6.45, 7) is 3.00. The fraction of sp³-hybridized carbons (Fsp3) is 0.185. The predicted octanol–water partition coefficient (Wildman–Crippen LogP) is 5.78. The van der Waals surface area contributed by atoms with E-state index in [-0.39, 0.29) is 33.5 Å². The van der Waals surface area contributed by atoms with Crippen molar-refractivity contribution in [3.8, 4) is 17.6 Å². The molecule has 0 spiro atoms. The maximum Gasteiger partial charge on any atom is 0.417 e. The molecule has 1 heterocycles. The van der Waals surface area contributed by atoms with E-state index in [2.05, 4.69) is 5.32 Å². The van der Waals surface area contributed by atoms with Crippen LogP contribution in [0.15, 0.2) is 60.7 Å². The van der Waals surface area contributed by atoms with Gasteiger partial charge in [-0.05, 0) is 68.5 Å². The van der Waals surface area contributed by atoms with Crippen LogP contribution in [0, 0.1) is 17.1 Å². The minimum Gasteiger partial charge on any atom is -0.453 e. The Balaban J connectivity index is 1.70. The maximum atomic E-state index is 15.2. The van der Waals surface area contributed by atoms with Gasteiger partial charge in [-0.3, -0.25) is 14.5 Å². The van der Waals surface area contributed by atoms with Crippen LogP contribution in [-0.4, -0.2) is 29.5 Å². The number of carbonyl (C=O) groups excluding carboxylic acids is 2. The van der Waals surface area contributed by atoms with Gasteiger partial charge in [0.1, 0.15) is 11.3 Å². The minimum absolute atomic E-state index is 0.114. The zero-order chi connectivity index (χ0) is 28.7. The molecule has 1 aliphatic heterocycles. The van der Waals surface area contributed by atoms with Gasteiger partial charge in [-0.15, -0.1) is 0 Å². The van der Waals surface area contributed by atoms with Crippen LogP contribution in [0.25, 0.3) is 0 Å². The molecule has 0 saturated carbocycles. The molecule has 2 amide bonds. The van der Waals surface area contributed by atoms with Gasteiger partial charge in [-0.2, -0.15) is 18.4 Å². The van der Waals surface area contributed by atoms with Crippen molar-refractivity contribution in [1.29, 1.82) is 5.26 Å². The van der Waals surface area contributed by atoms with Gasteiger partial charge in [0, 0.05) is 18.8 Å². The Morgan fingerprint density at radius 1 is 1.05 bits per heavy atom. The number of hydrogen-bond donors (Lipinski definition) is 1. The number of nitrogens with one attached hydrogen (secondary N) is 1. The van der Waals surface area contributed by atoms with Crippen molar-refractivity contribution >= 4 is 40.5 Å². The number of benzene rings is 3. The molecule has 39 heavy (non-hydrogen) atoms. The highest BCUT2D eigenvalue weighted by Crippen LogP contribution is 2.40. The highest BCUT2D eigenvalue weighted by atomic mass is 32.1. The minimum atomic E-state index is -4.84. The summed E-state index contributed by atoms with van der Waals surface area (Å²) in [6, 6.07) is 14.4. The first-order valence-electron chi connectivity index (χ1n) is 11.4. The lowest BCUT2D eigenvalue weighted by Crippen LogP contribution is -2.44. The van der Waals surface area contributed by atoms with Crippen LogP contribution in [0.3, 0.4) is 0 Å². The first-order valence-corrected chi connectivity index (χ1v) is 11.8. The number of rotatable bonds is 5. The van der Waals surface area contributed by atoms with Crippen LogP contribution in [0.1, 0.15) is 35.3 Å². The molecule has 0 aliphatic carbocycles. The number of thiocarbonyl (C=S) groups is 1. The molecule has 0 unspecified atom stereocenters. The third kappa shape index (κ3) is 4.88. The van der Waals surface area contributed by atoms with E-state index in [0.717, 1.165) is 17.0 Å². The highest BCUT2D eigenvalue weighted by Gasteiger charge is 2.51. The van der Waals surface area contributed by atoms with Gasteiger partial charge in [-0.1, -0.05) is 12.1 Å². The lowest BCUT2D eigenvalue weighted by molar-refractivity contribution is -0.137. The average Bonchev–Trinajstić information content (AvgIpc) is 3.07. The van der Waals surface area contributed by atoms with Crippen molar-refractivity contribution < 1.29 is 31.9 Å². The van der Waals surface area contributed by atoms with Gasteiger partial charge < -0.3 is 15.0 Å². The van der Waals surface area contributed by atoms with Crippen LogP contribution in [0.4, 0.5) is 28.9 Å². The summed E-state index contributed by atoms with van der Waals surface area (Å²) in [5, 5.41) is 11.4. The van der Waals surface area contributed by atoms with Crippen molar-refractivity contribution in [2.45, 2.75) is 25.6 Å². The van der Waals surface area contributed by atoms with Crippen LogP contribution < -0.4 is 19.9 Å². The molecule has 12 heteroatoms. The number of para-hydroxylation sites is 1. The SMILES string of the molecule is CNC(=O)c1ccccc1Oc1ccc(N2C(=S)N(c3ccc(C#N)c(C(F)(F)F)c3)C(=O)C2(C)C)cc1F. The van der Waals surface area contributed by atoms with Gasteiger partial charge >= 0.3 is 6.18 Å². The standard InChI is InChI=1S/C27H20F4N4O3S/c1-26(2)24(37)34(16-9-8-15(14-32)19(12-16)27(29,30)31)25(39)35(26)17-10-11-22(20(28)13-17)38-21-7-5-4-6-18(21)23(36)33-3/h4-13H,1-3H3,(H,33,36). The molecule has 1 saturated heterocycles. The van der Waals surface area contributed by atoms with Crippen LogP contribution >= 0.6 is 12.2 Å². The normalized spacial score (nSPS) is 14.8. The molecule has 0 bridgehead atoms. The summed E-state index contributed by atoms with van der Waals surface area (Å²) in [6.07, 6.45) is -4.84. The fourth-order valence-electron chi connectivity index (χ4n) is 4.17. The van der Waals surface area contributed by atoms with Crippen LogP contribution in [0.2, 0.25) is 0 Å². The van der Waals surface area contributed by atoms with E-state index in [1.54, 1.807) is 12.1 Å². The summed E-state index contributed by atoms with van der Waals surface area (Å²) >= 11 is 5.48.